The van der Waals surface area contributed by atoms with Gasteiger partial charge in [0, 0.05) is 23.5 Å². The number of benzene rings is 1. The van der Waals surface area contributed by atoms with Crippen molar-refractivity contribution in [1.82, 2.24) is 14.4 Å². The van der Waals surface area contributed by atoms with Crippen LogP contribution in [0.25, 0.3) is 5.65 Å². The maximum Gasteiger partial charge on any atom is 0.255 e. The van der Waals surface area contributed by atoms with Crippen LogP contribution >= 0.6 is 0 Å². The third kappa shape index (κ3) is 3.94. The minimum Gasteiger partial charge on any atom is -0.439 e. The maximum atomic E-state index is 12.9. The normalized spacial score (nSPS) is 10.9. The highest BCUT2D eigenvalue weighted by Crippen LogP contribution is 2.21. The average molecular weight is 390 g/mol. The Hall–Kier alpha value is -3.74. The molecule has 0 unspecified atom stereocenters. The molecule has 0 radical (unpaired) electrons. The Labute approximate surface area is 167 Å². The Morgan fingerprint density at radius 3 is 2.62 bits per heavy atom. The molecule has 0 aliphatic carbocycles. The third-order valence-electron chi connectivity index (χ3n) is 4.59. The van der Waals surface area contributed by atoms with Crippen LogP contribution in [-0.2, 0) is 6.42 Å². The second kappa shape index (κ2) is 7.71. The summed E-state index contributed by atoms with van der Waals surface area (Å²) in [6.07, 6.45) is 3.81. The summed E-state index contributed by atoms with van der Waals surface area (Å²) in [6, 6.07) is 13.1. The summed E-state index contributed by atoms with van der Waals surface area (Å²) in [5.74, 6) is 0.117. The first-order valence-electron chi connectivity index (χ1n) is 9.22. The monoisotopic (exact) mass is 390 g/mol. The number of anilines is 1. The number of aromatic nitrogens is 3. The lowest BCUT2D eigenvalue weighted by atomic mass is 10.2. The number of amides is 1. The van der Waals surface area contributed by atoms with E-state index in [1.165, 1.54) is 12.1 Å². The fraction of sp³-hybridized carbons (Fsp3) is 0.136. The van der Waals surface area contributed by atoms with Crippen LogP contribution in [0.2, 0.25) is 0 Å². The minimum absolute atomic E-state index is 0.232. The Kier molecular flexibility index (Phi) is 4.95. The van der Waals surface area contributed by atoms with Crippen molar-refractivity contribution in [2.45, 2.75) is 20.3 Å². The van der Waals surface area contributed by atoms with Gasteiger partial charge in [0.1, 0.15) is 17.2 Å². The largest absolute Gasteiger partial charge is 0.439 e. The van der Waals surface area contributed by atoms with Gasteiger partial charge in [0.05, 0.1) is 17.6 Å². The van der Waals surface area contributed by atoms with Crippen LogP contribution in [0.5, 0.6) is 11.6 Å². The SMILES string of the molecule is CCc1nc2ccc(NC(=O)c3ccc(Oc4ccc(F)cn4)cc3)cn2c1C. The maximum absolute atomic E-state index is 12.9. The van der Waals surface area contributed by atoms with E-state index >= 15 is 0 Å². The number of carbonyl (C=O) groups is 1. The van der Waals surface area contributed by atoms with Crippen molar-refractivity contribution < 1.29 is 13.9 Å². The van der Waals surface area contributed by atoms with E-state index in [1.807, 2.05) is 29.7 Å². The van der Waals surface area contributed by atoms with Gasteiger partial charge in [-0.1, -0.05) is 6.92 Å². The molecule has 7 heteroatoms. The van der Waals surface area contributed by atoms with Gasteiger partial charge < -0.3 is 14.5 Å². The molecule has 29 heavy (non-hydrogen) atoms. The van der Waals surface area contributed by atoms with Crippen molar-refractivity contribution in [2.24, 2.45) is 0 Å². The quantitative estimate of drug-likeness (QED) is 0.532. The number of carbonyl (C=O) groups excluding carboxylic acids is 1. The second-order valence-corrected chi connectivity index (χ2v) is 6.54. The highest BCUT2D eigenvalue weighted by atomic mass is 19.1. The van der Waals surface area contributed by atoms with Gasteiger partial charge in [-0.15, -0.1) is 0 Å². The number of halogens is 1. The van der Waals surface area contributed by atoms with E-state index in [4.69, 9.17) is 4.74 Å². The van der Waals surface area contributed by atoms with Crippen LogP contribution in [-0.4, -0.2) is 20.3 Å². The number of nitrogens with one attached hydrogen (secondary N) is 1. The Bertz CT molecular complexity index is 1170. The van der Waals surface area contributed by atoms with Gasteiger partial charge in [-0.3, -0.25) is 4.79 Å². The van der Waals surface area contributed by atoms with E-state index < -0.39 is 5.82 Å². The molecule has 3 aromatic heterocycles. The van der Waals surface area contributed by atoms with Crippen molar-refractivity contribution in [3.63, 3.8) is 0 Å². The third-order valence-corrected chi connectivity index (χ3v) is 4.59. The van der Waals surface area contributed by atoms with Gasteiger partial charge in [0.25, 0.3) is 5.91 Å². The molecule has 4 rings (SSSR count). The summed E-state index contributed by atoms with van der Waals surface area (Å²) in [6.45, 7) is 4.08. The number of hydrogen-bond acceptors (Lipinski definition) is 4. The number of rotatable bonds is 5. The molecule has 0 saturated carbocycles. The smallest absolute Gasteiger partial charge is 0.255 e. The van der Waals surface area contributed by atoms with E-state index in [0.717, 1.165) is 29.7 Å². The fourth-order valence-corrected chi connectivity index (χ4v) is 3.04. The number of hydrogen-bond donors (Lipinski definition) is 1. The number of ether oxygens (including phenoxy) is 1. The molecule has 0 aliphatic rings. The zero-order chi connectivity index (χ0) is 20.4. The van der Waals surface area contributed by atoms with E-state index in [1.54, 1.807) is 24.3 Å². The fourth-order valence-electron chi connectivity index (χ4n) is 3.04. The van der Waals surface area contributed by atoms with Gasteiger partial charge in [0.2, 0.25) is 5.88 Å². The molecule has 1 N–H and O–H groups in total. The summed E-state index contributed by atoms with van der Waals surface area (Å²) in [4.78, 5) is 21.0. The molecule has 146 valence electrons. The summed E-state index contributed by atoms with van der Waals surface area (Å²) < 4.78 is 20.4. The van der Waals surface area contributed by atoms with Gasteiger partial charge in [0.15, 0.2) is 0 Å². The molecule has 0 atom stereocenters. The highest BCUT2D eigenvalue weighted by Gasteiger charge is 2.10. The van der Waals surface area contributed by atoms with Crippen molar-refractivity contribution in [2.75, 3.05) is 5.32 Å². The van der Waals surface area contributed by atoms with E-state index in [-0.39, 0.29) is 11.8 Å². The minimum atomic E-state index is -0.431. The zero-order valence-electron chi connectivity index (χ0n) is 16.0. The van der Waals surface area contributed by atoms with Crippen LogP contribution in [0.15, 0.2) is 60.9 Å². The molecular weight excluding hydrogens is 371 g/mol. The van der Waals surface area contributed by atoms with Crippen LogP contribution in [0.4, 0.5) is 10.1 Å². The molecule has 3 heterocycles. The summed E-state index contributed by atoms with van der Waals surface area (Å²) in [5, 5.41) is 2.90. The Balaban J connectivity index is 1.47. The van der Waals surface area contributed by atoms with E-state index in [2.05, 4.69) is 22.2 Å². The second-order valence-electron chi connectivity index (χ2n) is 6.54. The molecule has 0 saturated heterocycles. The molecule has 0 spiro atoms. The highest BCUT2D eigenvalue weighted by molar-refractivity contribution is 6.04. The van der Waals surface area contributed by atoms with Crippen LogP contribution < -0.4 is 10.1 Å². The lowest BCUT2D eigenvalue weighted by Gasteiger charge is -2.08. The predicted molar refractivity (Wildman–Crippen MR) is 108 cm³/mol. The topological polar surface area (TPSA) is 68.5 Å². The molecule has 0 bridgehead atoms. The summed E-state index contributed by atoms with van der Waals surface area (Å²) >= 11 is 0. The van der Waals surface area contributed by atoms with Crippen LogP contribution in [0.1, 0.15) is 28.7 Å². The van der Waals surface area contributed by atoms with Crippen molar-refractivity contribution in [3.05, 3.63) is 83.7 Å². The van der Waals surface area contributed by atoms with E-state index in [0.29, 0.717) is 17.0 Å². The number of fused-ring (bicyclic) bond motifs is 1. The lowest BCUT2D eigenvalue weighted by Crippen LogP contribution is -2.12. The first-order chi connectivity index (χ1) is 14.0. The van der Waals surface area contributed by atoms with Crippen molar-refractivity contribution >= 4 is 17.2 Å². The average Bonchev–Trinajstić information content (AvgIpc) is 3.05. The lowest BCUT2D eigenvalue weighted by molar-refractivity contribution is 0.102. The van der Waals surface area contributed by atoms with Crippen molar-refractivity contribution in [1.29, 1.82) is 0 Å². The first-order valence-corrected chi connectivity index (χ1v) is 9.22. The van der Waals surface area contributed by atoms with Crippen molar-refractivity contribution in [3.8, 4) is 11.6 Å². The molecule has 1 aromatic carbocycles. The Morgan fingerprint density at radius 2 is 1.93 bits per heavy atom. The van der Waals surface area contributed by atoms with Gasteiger partial charge in [-0.05, 0) is 55.8 Å². The molecule has 0 aliphatic heterocycles. The van der Waals surface area contributed by atoms with Crippen LogP contribution in [0, 0.1) is 12.7 Å². The first kappa shape index (κ1) is 18.6. The van der Waals surface area contributed by atoms with Gasteiger partial charge >= 0.3 is 0 Å². The molecule has 0 fully saturated rings. The summed E-state index contributed by atoms with van der Waals surface area (Å²) in [5.41, 5.74) is 4.13. The molecule has 1 amide bonds. The number of imidazole rings is 1. The standard InChI is InChI=1S/C22H19FN4O2/c1-3-19-14(2)27-13-17(7-10-20(27)26-19)25-22(28)15-4-8-18(9-5-15)29-21-11-6-16(23)12-24-21/h4-13H,3H2,1-2H3,(H,25,28). The number of pyridine rings is 2. The van der Waals surface area contributed by atoms with Gasteiger partial charge in [-0.2, -0.15) is 0 Å². The zero-order valence-corrected chi connectivity index (χ0v) is 16.0. The number of aryl methyl sites for hydroxylation is 2. The van der Waals surface area contributed by atoms with Crippen LogP contribution in [0.3, 0.4) is 0 Å². The predicted octanol–water partition coefficient (Wildman–Crippen LogP) is 4.78. The van der Waals surface area contributed by atoms with E-state index in [9.17, 15) is 9.18 Å². The Morgan fingerprint density at radius 1 is 1.14 bits per heavy atom. The number of nitrogens with zero attached hydrogens (tertiary/aromatic N) is 3. The molecular formula is C22H19FN4O2. The van der Waals surface area contributed by atoms with Gasteiger partial charge in [-0.25, -0.2) is 14.4 Å². The summed E-state index contributed by atoms with van der Waals surface area (Å²) in [7, 11) is 0. The molecule has 6 nitrogen and oxygen atoms in total. The molecule has 4 aromatic rings.